The average Bonchev–Trinajstić information content (AvgIpc) is 2.97. The molecule has 2 aromatic heterocycles. The Bertz CT molecular complexity index is 697. The first kappa shape index (κ1) is 19.0. The standard InChI is InChI=1S/C12H19N5O3S.C2H2/c1-7(20-8(5-18)3-2-4-21)17-6-14-9-10(17)15-12(13)16-11(9)19;1-2/h6-8,18,21H,2-5H2,1H3,(H3,13,15,16,19);1-2H/t7-,8+;/m1./s1. The van der Waals surface area contributed by atoms with Gasteiger partial charge in [-0.1, -0.05) is 0 Å². The first-order valence-corrected chi connectivity index (χ1v) is 7.63. The third-order valence-electron chi connectivity index (χ3n) is 3.12. The van der Waals surface area contributed by atoms with Gasteiger partial charge in [-0.15, -0.1) is 12.8 Å². The van der Waals surface area contributed by atoms with Gasteiger partial charge in [-0.2, -0.15) is 17.6 Å². The van der Waals surface area contributed by atoms with Crippen LogP contribution < -0.4 is 11.3 Å². The van der Waals surface area contributed by atoms with E-state index >= 15 is 0 Å². The molecule has 0 spiro atoms. The fourth-order valence-electron chi connectivity index (χ4n) is 2.07. The van der Waals surface area contributed by atoms with Crippen molar-refractivity contribution in [3.8, 4) is 12.8 Å². The summed E-state index contributed by atoms with van der Waals surface area (Å²) < 4.78 is 7.40. The van der Waals surface area contributed by atoms with Crippen LogP contribution >= 0.6 is 12.6 Å². The number of aromatic amines is 1. The van der Waals surface area contributed by atoms with Gasteiger partial charge in [0.1, 0.15) is 6.23 Å². The minimum absolute atomic E-state index is 0.0234. The number of aliphatic hydroxyl groups excluding tert-OH is 1. The second kappa shape index (κ2) is 9.19. The van der Waals surface area contributed by atoms with E-state index in [9.17, 15) is 9.90 Å². The van der Waals surface area contributed by atoms with Gasteiger partial charge in [0, 0.05) is 0 Å². The molecule has 0 saturated heterocycles. The number of hydrogen-bond acceptors (Lipinski definition) is 7. The molecule has 2 atom stereocenters. The highest BCUT2D eigenvalue weighted by Crippen LogP contribution is 2.18. The van der Waals surface area contributed by atoms with E-state index in [1.807, 2.05) is 0 Å². The largest absolute Gasteiger partial charge is 0.394 e. The van der Waals surface area contributed by atoms with Crippen molar-refractivity contribution < 1.29 is 9.84 Å². The van der Waals surface area contributed by atoms with Gasteiger partial charge in [0.05, 0.1) is 19.0 Å². The monoisotopic (exact) mass is 339 g/mol. The number of hydrogen-bond donors (Lipinski definition) is 4. The van der Waals surface area contributed by atoms with E-state index in [0.29, 0.717) is 12.1 Å². The van der Waals surface area contributed by atoms with Crippen LogP contribution in [0.1, 0.15) is 26.0 Å². The van der Waals surface area contributed by atoms with E-state index in [1.54, 1.807) is 11.5 Å². The van der Waals surface area contributed by atoms with Crippen LogP contribution in [0.3, 0.4) is 0 Å². The van der Waals surface area contributed by atoms with E-state index in [4.69, 9.17) is 10.5 Å². The highest BCUT2D eigenvalue weighted by Gasteiger charge is 2.17. The topological polar surface area (TPSA) is 119 Å². The number of ether oxygens (including phenoxy) is 1. The number of anilines is 1. The number of rotatable bonds is 7. The Labute approximate surface area is 139 Å². The zero-order chi connectivity index (χ0) is 17.4. The first-order valence-electron chi connectivity index (χ1n) is 6.99. The summed E-state index contributed by atoms with van der Waals surface area (Å²) >= 11 is 4.14. The Morgan fingerprint density at radius 3 is 2.87 bits per heavy atom. The molecule has 0 bridgehead atoms. The summed E-state index contributed by atoms with van der Waals surface area (Å²) in [5, 5.41) is 9.34. The summed E-state index contributed by atoms with van der Waals surface area (Å²) in [6.45, 7) is 1.71. The van der Waals surface area contributed by atoms with Crippen molar-refractivity contribution in [3.63, 3.8) is 0 Å². The molecule has 4 N–H and O–H groups in total. The van der Waals surface area contributed by atoms with Gasteiger partial charge in [-0.3, -0.25) is 14.3 Å². The van der Waals surface area contributed by atoms with Crippen LogP contribution in [0, 0.1) is 12.8 Å². The predicted molar refractivity (Wildman–Crippen MR) is 92.2 cm³/mol. The van der Waals surface area contributed by atoms with Crippen molar-refractivity contribution in [3.05, 3.63) is 16.7 Å². The Kier molecular flexibility index (Phi) is 7.61. The molecule has 0 amide bonds. The van der Waals surface area contributed by atoms with E-state index < -0.39 is 11.8 Å². The molecule has 0 fully saturated rings. The summed E-state index contributed by atoms with van der Waals surface area (Å²) in [5.74, 6) is 0.755. The minimum Gasteiger partial charge on any atom is -0.394 e. The van der Waals surface area contributed by atoms with Crippen molar-refractivity contribution in [2.45, 2.75) is 32.1 Å². The second-order valence-electron chi connectivity index (χ2n) is 4.68. The molecule has 126 valence electrons. The van der Waals surface area contributed by atoms with E-state index in [-0.39, 0.29) is 24.2 Å². The quantitative estimate of drug-likeness (QED) is 0.432. The van der Waals surface area contributed by atoms with E-state index in [2.05, 4.69) is 40.4 Å². The van der Waals surface area contributed by atoms with Crippen molar-refractivity contribution in [2.75, 3.05) is 18.1 Å². The molecule has 2 heterocycles. The van der Waals surface area contributed by atoms with Gasteiger partial charge in [-0.25, -0.2) is 4.98 Å². The number of aromatic nitrogens is 4. The summed E-state index contributed by atoms with van der Waals surface area (Å²) in [6.07, 6.45) is 10.3. The maximum Gasteiger partial charge on any atom is 0.280 e. The smallest absolute Gasteiger partial charge is 0.280 e. The summed E-state index contributed by atoms with van der Waals surface area (Å²) in [5.41, 5.74) is 5.72. The van der Waals surface area contributed by atoms with Crippen molar-refractivity contribution >= 4 is 29.7 Å². The average molecular weight is 339 g/mol. The molecule has 2 rings (SSSR count). The lowest BCUT2D eigenvalue weighted by Gasteiger charge is -2.21. The summed E-state index contributed by atoms with van der Waals surface area (Å²) in [4.78, 5) is 22.2. The Hall–Kier alpha value is -2.02. The van der Waals surface area contributed by atoms with Crippen LogP contribution in [0.2, 0.25) is 0 Å². The number of H-pyrrole nitrogens is 1. The fraction of sp³-hybridized carbons (Fsp3) is 0.500. The van der Waals surface area contributed by atoms with Gasteiger partial charge >= 0.3 is 0 Å². The zero-order valence-electron chi connectivity index (χ0n) is 12.8. The lowest BCUT2D eigenvalue weighted by molar-refractivity contribution is -0.0668. The molecule has 0 aliphatic carbocycles. The van der Waals surface area contributed by atoms with Crippen LogP contribution in [0.4, 0.5) is 5.95 Å². The number of nitrogens with two attached hydrogens (primary N) is 1. The molecule has 8 nitrogen and oxygen atoms in total. The van der Waals surface area contributed by atoms with Crippen LogP contribution in [0.5, 0.6) is 0 Å². The van der Waals surface area contributed by atoms with E-state index in [0.717, 1.165) is 12.2 Å². The predicted octanol–water partition coefficient (Wildman–Crippen LogP) is 0.557. The van der Waals surface area contributed by atoms with Gasteiger partial charge in [0.2, 0.25) is 5.95 Å². The number of imidazole rings is 1. The Morgan fingerprint density at radius 2 is 2.26 bits per heavy atom. The van der Waals surface area contributed by atoms with E-state index in [1.165, 1.54) is 6.33 Å². The maximum atomic E-state index is 11.7. The molecule has 0 saturated carbocycles. The molecule has 2 aromatic rings. The molecular weight excluding hydrogens is 318 g/mol. The molecule has 0 unspecified atom stereocenters. The van der Waals surface area contributed by atoms with Crippen LogP contribution in [-0.4, -0.2) is 43.1 Å². The molecule has 0 radical (unpaired) electrons. The number of nitrogens with zero attached hydrogens (tertiary/aromatic N) is 3. The first-order chi connectivity index (χ1) is 11.1. The maximum absolute atomic E-state index is 11.7. The number of fused-ring (bicyclic) bond motifs is 1. The lowest BCUT2D eigenvalue weighted by Crippen LogP contribution is -2.23. The summed E-state index contributed by atoms with van der Waals surface area (Å²) in [6, 6.07) is 0. The fourth-order valence-corrected chi connectivity index (χ4v) is 2.26. The number of terminal acetylenes is 1. The van der Waals surface area contributed by atoms with Crippen LogP contribution in [-0.2, 0) is 4.74 Å². The van der Waals surface area contributed by atoms with Crippen LogP contribution in [0.15, 0.2) is 11.1 Å². The van der Waals surface area contributed by atoms with Gasteiger partial charge in [0.25, 0.3) is 5.56 Å². The van der Waals surface area contributed by atoms with Crippen molar-refractivity contribution in [2.24, 2.45) is 0 Å². The normalized spacial score (nSPS) is 13.3. The SMILES string of the molecule is C#C.C[C@@H](O[C@H](CO)CCCS)n1cnc2c(=O)[nH]c(N)nc21. The highest BCUT2D eigenvalue weighted by atomic mass is 32.1. The van der Waals surface area contributed by atoms with Crippen LogP contribution in [0.25, 0.3) is 11.2 Å². The molecule has 0 aliphatic rings. The number of nitrogen functional groups attached to an aromatic ring is 1. The third kappa shape index (κ3) is 4.72. The molecule has 23 heavy (non-hydrogen) atoms. The van der Waals surface area contributed by atoms with Crippen molar-refractivity contribution in [1.29, 1.82) is 0 Å². The highest BCUT2D eigenvalue weighted by molar-refractivity contribution is 7.80. The van der Waals surface area contributed by atoms with Crippen molar-refractivity contribution in [1.82, 2.24) is 19.5 Å². The zero-order valence-corrected chi connectivity index (χ0v) is 13.7. The number of aliphatic hydroxyl groups is 1. The van der Waals surface area contributed by atoms with Gasteiger partial charge < -0.3 is 15.6 Å². The number of nitrogens with one attached hydrogen (secondary N) is 1. The number of thiol groups is 1. The third-order valence-corrected chi connectivity index (χ3v) is 3.44. The molecule has 0 aromatic carbocycles. The Balaban J connectivity index is 0.00000127. The second-order valence-corrected chi connectivity index (χ2v) is 5.13. The van der Waals surface area contributed by atoms with Gasteiger partial charge in [-0.05, 0) is 25.5 Å². The Morgan fingerprint density at radius 1 is 1.57 bits per heavy atom. The lowest BCUT2D eigenvalue weighted by atomic mass is 10.2. The van der Waals surface area contributed by atoms with Gasteiger partial charge in [0.15, 0.2) is 11.2 Å². The minimum atomic E-state index is -0.430. The summed E-state index contributed by atoms with van der Waals surface area (Å²) in [7, 11) is 0. The molecular formula is C14H21N5O3S. The molecule has 9 heteroatoms. The molecule has 0 aliphatic heterocycles.